The van der Waals surface area contributed by atoms with Crippen LogP contribution in [-0.2, 0) is 11.3 Å². The van der Waals surface area contributed by atoms with Gasteiger partial charge < -0.3 is 14.9 Å². The monoisotopic (exact) mass is 291 g/mol. The molecule has 0 spiro atoms. The zero-order valence-corrected chi connectivity index (χ0v) is 12.2. The van der Waals surface area contributed by atoms with Crippen LogP contribution in [0.4, 0.5) is 4.79 Å². The molecule has 1 N–H and O–H groups in total. The molecular formula is C15H21N3O3. The molecule has 0 aliphatic carbocycles. The molecule has 0 aromatic carbocycles. The van der Waals surface area contributed by atoms with Crippen molar-refractivity contribution < 1.29 is 14.7 Å². The highest BCUT2D eigenvalue weighted by Crippen LogP contribution is 2.18. The summed E-state index contributed by atoms with van der Waals surface area (Å²) in [5.74, 6) is -1.27. The molecule has 2 amide bonds. The summed E-state index contributed by atoms with van der Waals surface area (Å²) >= 11 is 0. The number of carboxylic acids is 1. The fourth-order valence-electron chi connectivity index (χ4n) is 2.55. The molecule has 1 aromatic heterocycles. The molecule has 1 aromatic rings. The Kier molecular flexibility index (Phi) is 5.14. The first-order chi connectivity index (χ1) is 10.1. The van der Waals surface area contributed by atoms with E-state index in [-0.39, 0.29) is 6.03 Å². The molecule has 2 heterocycles. The van der Waals surface area contributed by atoms with Gasteiger partial charge in [0.1, 0.15) is 0 Å². The Morgan fingerprint density at radius 2 is 2.29 bits per heavy atom. The third-order valence-electron chi connectivity index (χ3n) is 3.77. The van der Waals surface area contributed by atoms with E-state index in [0.717, 1.165) is 12.1 Å². The molecule has 0 unspecified atom stereocenters. The molecule has 1 fully saturated rings. The Labute approximate surface area is 124 Å². The van der Waals surface area contributed by atoms with Gasteiger partial charge in [-0.1, -0.05) is 6.07 Å². The van der Waals surface area contributed by atoms with E-state index in [1.807, 2.05) is 25.1 Å². The van der Waals surface area contributed by atoms with E-state index in [9.17, 15) is 9.59 Å². The molecule has 21 heavy (non-hydrogen) atoms. The van der Waals surface area contributed by atoms with Crippen molar-refractivity contribution in [3.63, 3.8) is 0 Å². The van der Waals surface area contributed by atoms with E-state index in [0.29, 0.717) is 32.6 Å². The summed E-state index contributed by atoms with van der Waals surface area (Å²) in [6, 6.07) is 5.51. The first kappa shape index (κ1) is 15.3. The smallest absolute Gasteiger partial charge is 0.320 e. The third kappa shape index (κ3) is 3.93. The minimum atomic E-state index is -0.819. The number of amides is 2. The number of likely N-dealkylation sites (tertiary alicyclic amines) is 1. The number of hydrogen-bond acceptors (Lipinski definition) is 3. The lowest BCUT2D eigenvalue weighted by Crippen LogP contribution is -2.48. The zero-order valence-electron chi connectivity index (χ0n) is 12.2. The van der Waals surface area contributed by atoms with Crippen LogP contribution in [0.1, 0.15) is 25.5 Å². The van der Waals surface area contributed by atoms with Crippen LogP contribution >= 0.6 is 0 Å². The first-order valence-electron chi connectivity index (χ1n) is 7.28. The number of carbonyl (C=O) groups is 2. The first-order valence-corrected chi connectivity index (χ1v) is 7.28. The van der Waals surface area contributed by atoms with Gasteiger partial charge in [-0.3, -0.25) is 9.78 Å². The van der Waals surface area contributed by atoms with Gasteiger partial charge in [0, 0.05) is 25.8 Å². The predicted octanol–water partition coefficient (Wildman–Crippen LogP) is 1.82. The molecule has 6 nitrogen and oxygen atoms in total. The van der Waals surface area contributed by atoms with Crippen molar-refractivity contribution >= 4 is 12.0 Å². The number of rotatable bonds is 4. The molecule has 0 radical (unpaired) electrons. The molecule has 2 rings (SSSR count). The van der Waals surface area contributed by atoms with Crippen LogP contribution < -0.4 is 0 Å². The zero-order chi connectivity index (χ0) is 15.2. The molecular weight excluding hydrogens is 270 g/mol. The highest BCUT2D eigenvalue weighted by molar-refractivity contribution is 5.76. The van der Waals surface area contributed by atoms with Gasteiger partial charge in [0.15, 0.2) is 0 Å². The van der Waals surface area contributed by atoms with E-state index < -0.39 is 11.9 Å². The Balaban J connectivity index is 2.00. The number of pyridine rings is 1. The molecule has 0 bridgehead atoms. The second kappa shape index (κ2) is 7.06. The fourth-order valence-corrected chi connectivity index (χ4v) is 2.55. The Bertz CT molecular complexity index is 492. The summed E-state index contributed by atoms with van der Waals surface area (Å²) in [5.41, 5.74) is 0.833. The number of aliphatic carboxylic acids is 1. The summed E-state index contributed by atoms with van der Waals surface area (Å²) in [4.78, 5) is 31.2. The Hall–Kier alpha value is -2.11. The van der Waals surface area contributed by atoms with Crippen LogP contribution in [0.5, 0.6) is 0 Å². The van der Waals surface area contributed by atoms with E-state index in [2.05, 4.69) is 4.98 Å². The van der Waals surface area contributed by atoms with E-state index in [4.69, 9.17) is 5.11 Å². The highest BCUT2D eigenvalue weighted by Gasteiger charge is 2.30. The van der Waals surface area contributed by atoms with Gasteiger partial charge in [0.2, 0.25) is 0 Å². The minimum absolute atomic E-state index is 0.103. The van der Waals surface area contributed by atoms with Crippen molar-refractivity contribution in [3.05, 3.63) is 30.1 Å². The van der Waals surface area contributed by atoms with Crippen LogP contribution in [0.25, 0.3) is 0 Å². The maximum atomic E-state index is 12.5. The SMILES string of the molecule is CCN(Cc1ccccn1)C(=O)N1CCC[C@@H](C(=O)O)C1. The standard InChI is InChI=1S/C15H21N3O3/c1-2-17(11-13-7-3-4-8-16-13)15(21)18-9-5-6-12(10-18)14(19)20/h3-4,7-8,12H,2,5-6,9-11H2,1H3,(H,19,20)/t12-/m1/s1. The second-order valence-corrected chi connectivity index (χ2v) is 5.24. The fraction of sp³-hybridized carbons (Fsp3) is 0.533. The van der Waals surface area contributed by atoms with Gasteiger partial charge in [-0.15, -0.1) is 0 Å². The lowest BCUT2D eigenvalue weighted by atomic mass is 9.98. The van der Waals surface area contributed by atoms with Gasteiger partial charge in [0.05, 0.1) is 18.2 Å². The quantitative estimate of drug-likeness (QED) is 0.918. The normalized spacial score (nSPS) is 18.3. The molecule has 6 heteroatoms. The van der Waals surface area contributed by atoms with Crippen molar-refractivity contribution in [2.75, 3.05) is 19.6 Å². The van der Waals surface area contributed by atoms with E-state index in [1.54, 1.807) is 16.0 Å². The number of aromatic nitrogens is 1. The van der Waals surface area contributed by atoms with Gasteiger partial charge in [-0.25, -0.2) is 4.79 Å². The van der Waals surface area contributed by atoms with Crippen LogP contribution in [0.3, 0.4) is 0 Å². The lowest BCUT2D eigenvalue weighted by Gasteiger charge is -2.34. The average molecular weight is 291 g/mol. The summed E-state index contributed by atoms with van der Waals surface area (Å²) in [5, 5.41) is 9.11. The van der Waals surface area contributed by atoms with Gasteiger partial charge in [-0.05, 0) is 31.9 Å². The van der Waals surface area contributed by atoms with E-state index in [1.165, 1.54) is 0 Å². The summed E-state index contributed by atoms with van der Waals surface area (Å²) in [6.07, 6.45) is 3.09. The molecule has 1 saturated heterocycles. The molecule has 1 aliphatic rings. The van der Waals surface area contributed by atoms with Crippen molar-refractivity contribution in [1.29, 1.82) is 0 Å². The number of carbonyl (C=O) groups excluding carboxylic acids is 1. The van der Waals surface area contributed by atoms with Crippen LogP contribution in [0.2, 0.25) is 0 Å². The molecule has 0 saturated carbocycles. The van der Waals surface area contributed by atoms with Crippen LogP contribution in [0.15, 0.2) is 24.4 Å². The van der Waals surface area contributed by atoms with Crippen molar-refractivity contribution in [2.24, 2.45) is 5.92 Å². The van der Waals surface area contributed by atoms with Crippen LogP contribution in [0, 0.1) is 5.92 Å². The highest BCUT2D eigenvalue weighted by atomic mass is 16.4. The van der Waals surface area contributed by atoms with E-state index >= 15 is 0 Å². The van der Waals surface area contributed by atoms with Gasteiger partial charge in [0.25, 0.3) is 0 Å². The Morgan fingerprint density at radius 3 is 2.90 bits per heavy atom. The second-order valence-electron chi connectivity index (χ2n) is 5.24. The lowest BCUT2D eigenvalue weighted by molar-refractivity contribution is -0.143. The van der Waals surface area contributed by atoms with Crippen LogP contribution in [-0.4, -0.2) is 51.5 Å². The summed E-state index contributed by atoms with van der Waals surface area (Å²) < 4.78 is 0. The number of carboxylic acid groups (broad SMARTS) is 1. The number of urea groups is 1. The molecule has 1 aliphatic heterocycles. The number of piperidine rings is 1. The van der Waals surface area contributed by atoms with Crippen molar-refractivity contribution in [3.8, 4) is 0 Å². The number of nitrogens with zero attached hydrogens (tertiary/aromatic N) is 3. The maximum absolute atomic E-state index is 12.5. The summed E-state index contributed by atoms with van der Waals surface area (Å²) in [7, 11) is 0. The molecule has 1 atom stereocenters. The van der Waals surface area contributed by atoms with Crippen molar-refractivity contribution in [2.45, 2.75) is 26.3 Å². The summed E-state index contributed by atoms with van der Waals surface area (Å²) in [6.45, 7) is 3.86. The molecule has 114 valence electrons. The van der Waals surface area contributed by atoms with Gasteiger partial charge in [-0.2, -0.15) is 0 Å². The predicted molar refractivity (Wildman–Crippen MR) is 77.6 cm³/mol. The minimum Gasteiger partial charge on any atom is -0.481 e. The number of hydrogen-bond donors (Lipinski definition) is 1. The Morgan fingerprint density at radius 1 is 1.48 bits per heavy atom. The van der Waals surface area contributed by atoms with Crippen molar-refractivity contribution in [1.82, 2.24) is 14.8 Å². The largest absolute Gasteiger partial charge is 0.481 e. The average Bonchev–Trinajstić information content (AvgIpc) is 2.53. The van der Waals surface area contributed by atoms with Gasteiger partial charge >= 0.3 is 12.0 Å². The maximum Gasteiger partial charge on any atom is 0.320 e. The topological polar surface area (TPSA) is 73.7 Å². The third-order valence-corrected chi connectivity index (χ3v) is 3.77.